The molecule has 8 heteroatoms. The molecule has 4 aromatic rings. The average Bonchev–Trinajstić information content (AvgIpc) is 3.33. The maximum absolute atomic E-state index is 14.0. The van der Waals surface area contributed by atoms with Gasteiger partial charge in [-0.3, -0.25) is 9.59 Å². The van der Waals surface area contributed by atoms with Crippen molar-refractivity contribution < 1.29 is 14.0 Å². The molecule has 0 atom stereocenters. The van der Waals surface area contributed by atoms with Crippen LogP contribution in [-0.2, 0) is 24.1 Å². The Kier molecular flexibility index (Phi) is 6.98. The van der Waals surface area contributed by atoms with Gasteiger partial charge in [-0.05, 0) is 35.7 Å². The van der Waals surface area contributed by atoms with Crippen LogP contribution in [0.5, 0.6) is 0 Å². The number of nitrogens with zero attached hydrogens (tertiary/aromatic N) is 2. The van der Waals surface area contributed by atoms with Crippen LogP contribution < -0.4 is 11.1 Å². The van der Waals surface area contributed by atoms with Gasteiger partial charge in [0, 0.05) is 12.0 Å². The van der Waals surface area contributed by atoms with Crippen molar-refractivity contribution in [1.82, 2.24) is 9.97 Å². The summed E-state index contributed by atoms with van der Waals surface area (Å²) in [6, 6.07) is 20.6. The lowest BCUT2D eigenvalue weighted by Gasteiger charge is -2.14. The zero-order chi connectivity index (χ0) is 24.8. The molecule has 0 bridgehead atoms. The summed E-state index contributed by atoms with van der Waals surface area (Å²) in [4.78, 5) is 32.2. The van der Waals surface area contributed by atoms with Gasteiger partial charge >= 0.3 is 0 Å². The van der Waals surface area contributed by atoms with Gasteiger partial charge in [-0.2, -0.15) is 5.26 Å². The number of aromatic nitrogens is 2. The number of rotatable bonds is 8. The van der Waals surface area contributed by atoms with E-state index in [-0.39, 0.29) is 23.5 Å². The molecule has 0 spiro atoms. The zero-order valence-electron chi connectivity index (χ0n) is 18.7. The van der Waals surface area contributed by atoms with Crippen LogP contribution in [0.4, 0.5) is 10.1 Å². The molecule has 0 saturated heterocycles. The van der Waals surface area contributed by atoms with Crippen LogP contribution in [0.15, 0.2) is 72.9 Å². The third kappa shape index (κ3) is 5.60. The molecular weight excluding hydrogens is 445 g/mol. The minimum absolute atomic E-state index is 0.0235. The van der Waals surface area contributed by atoms with Crippen LogP contribution in [0.25, 0.3) is 11.3 Å². The minimum atomic E-state index is -0.634. The van der Waals surface area contributed by atoms with E-state index in [1.807, 2.05) is 36.4 Å². The molecule has 0 radical (unpaired) electrons. The Morgan fingerprint density at radius 1 is 1.06 bits per heavy atom. The highest BCUT2D eigenvalue weighted by atomic mass is 19.1. The summed E-state index contributed by atoms with van der Waals surface area (Å²) in [7, 11) is 0. The van der Waals surface area contributed by atoms with Gasteiger partial charge in [0.2, 0.25) is 5.91 Å². The molecule has 0 aliphatic carbocycles. The molecule has 0 aliphatic heterocycles. The molecule has 35 heavy (non-hydrogen) atoms. The number of nitriles is 1. The summed E-state index contributed by atoms with van der Waals surface area (Å²) in [5, 5.41) is 11.8. The number of anilines is 1. The van der Waals surface area contributed by atoms with Crippen molar-refractivity contribution in [2.75, 3.05) is 5.32 Å². The fourth-order valence-corrected chi connectivity index (χ4v) is 3.79. The van der Waals surface area contributed by atoms with Crippen molar-refractivity contribution in [2.45, 2.75) is 19.3 Å². The molecule has 7 nitrogen and oxygen atoms in total. The largest absolute Gasteiger partial charge is 0.366 e. The highest BCUT2D eigenvalue weighted by Gasteiger charge is 2.16. The molecule has 4 N–H and O–H groups in total. The van der Waals surface area contributed by atoms with E-state index >= 15 is 0 Å². The smallest absolute Gasteiger partial charge is 0.250 e. The van der Waals surface area contributed by atoms with Gasteiger partial charge in [-0.15, -0.1) is 0 Å². The molecule has 2 amide bonds. The monoisotopic (exact) mass is 467 g/mol. The van der Waals surface area contributed by atoms with E-state index in [2.05, 4.69) is 15.3 Å². The summed E-state index contributed by atoms with van der Waals surface area (Å²) in [6.45, 7) is 0. The number of aryl methyl sites for hydroxylation is 2. The van der Waals surface area contributed by atoms with Crippen LogP contribution in [0.3, 0.4) is 0 Å². The first-order chi connectivity index (χ1) is 16.9. The van der Waals surface area contributed by atoms with Gasteiger partial charge in [-0.25, -0.2) is 9.37 Å². The van der Waals surface area contributed by atoms with E-state index < -0.39 is 11.7 Å². The van der Waals surface area contributed by atoms with E-state index in [0.29, 0.717) is 35.6 Å². The van der Waals surface area contributed by atoms with Crippen LogP contribution in [0, 0.1) is 17.1 Å². The number of carbonyl (C=O) groups is 2. The fraction of sp³-hybridized carbons (Fsp3) is 0.111. The second-order valence-corrected chi connectivity index (χ2v) is 7.96. The van der Waals surface area contributed by atoms with E-state index in [4.69, 9.17) is 11.0 Å². The van der Waals surface area contributed by atoms with Crippen molar-refractivity contribution in [3.05, 3.63) is 107 Å². The van der Waals surface area contributed by atoms with Gasteiger partial charge < -0.3 is 16.0 Å². The van der Waals surface area contributed by atoms with Crippen molar-refractivity contribution in [3.8, 4) is 17.3 Å². The fourth-order valence-electron chi connectivity index (χ4n) is 3.79. The molecule has 0 fully saturated rings. The van der Waals surface area contributed by atoms with E-state index in [0.717, 1.165) is 11.1 Å². The minimum Gasteiger partial charge on any atom is -0.366 e. The maximum atomic E-state index is 14.0. The lowest BCUT2D eigenvalue weighted by Crippen LogP contribution is -2.21. The van der Waals surface area contributed by atoms with Crippen molar-refractivity contribution in [2.24, 2.45) is 5.73 Å². The first-order valence-corrected chi connectivity index (χ1v) is 10.9. The van der Waals surface area contributed by atoms with Crippen LogP contribution in [0.1, 0.15) is 32.9 Å². The molecule has 0 unspecified atom stereocenters. The Balaban J connectivity index is 1.51. The molecule has 3 aromatic carbocycles. The maximum Gasteiger partial charge on any atom is 0.250 e. The second-order valence-electron chi connectivity index (χ2n) is 7.96. The number of carbonyl (C=O) groups excluding carboxylic acids is 2. The third-order valence-electron chi connectivity index (χ3n) is 5.55. The molecule has 0 aliphatic rings. The second kappa shape index (κ2) is 10.4. The van der Waals surface area contributed by atoms with Crippen molar-refractivity contribution in [3.63, 3.8) is 0 Å². The van der Waals surface area contributed by atoms with Gasteiger partial charge in [0.05, 0.1) is 35.1 Å². The number of para-hydroxylation sites is 1. The Labute approximate surface area is 201 Å². The number of amides is 2. The van der Waals surface area contributed by atoms with Gasteiger partial charge in [0.15, 0.2) is 0 Å². The number of primary amides is 1. The number of imidazole rings is 1. The topological polar surface area (TPSA) is 125 Å². The Bertz CT molecular complexity index is 1420. The van der Waals surface area contributed by atoms with Crippen LogP contribution in [0.2, 0.25) is 0 Å². The summed E-state index contributed by atoms with van der Waals surface area (Å²) >= 11 is 0. The summed E-state index contributed by atoms with van der Waals surface area (Å²) in [5.41, 5.74) is 8.94. The number of hydrogen-bond acceptors (Lipinski definition) is 4. The van der Waals surface area contributed by atoms with Crippen molar-refractivity contribution >= 4 is 17.5 Å². The number of halogens is 1. The first kappa shape index (κ1) is 23.4. The standard InChI is InChI=1S/C27H22FN5O2/c28-22-14-19(9-10-20(22)15-29)23-16-31-24(32-23)12-11-18-7-4-8-21(27(30)35)26(18)33-25(34)13-17-5-2-1-3-6-17/h1-10,14,16H,11-13H2,(H2,30,35)(H,31,32)(H,33,34). The Morgan fingerprint density at radius 2 is 1.86 bits per heavy atom. The normalized spacial score (nSPS) is 10.5. The van der Waals surface area contributed by atoms with E-state index in [1.54, 1.807) is 30.5 Å². The Morgan fingerprint density at radius 3 is 2.57 bits per heavy atom. The predicted molar refractivity (Wildman–Crippen MR) is 130 cm³/mol. The summed E-state index contributed by atoms with van der Waals surface area (Å²) < 4.78 is 14.0. The zero-order valence-corrected chi connectivity index (χ0v) is 18.7. The van der Waals surface area contributed by atoms with Gasteiger partial charge in [0.25, 0.3) is 5.91 Å². The molecular formula is C27H22FN5O2. The number of nitrogens with two attached hydrogens (primary N) is 1. The highest BCUT2D eigenvalue weighted by Crippen LogP contribution is 2.24. The number of hydrogen-bond donors (Lipinski definition) is 3. The highest BCUT2D eigenvalue weighted by molar-refractivity contribution is 6.04. The predicted octanol–water partition coefficient (Wildman–Crippen LogP) is 4.15. The van der Waals surface area contributed by atoms with Gasteiger partial charge in [0.1, 0.15) is 17.7 Å². The number of benzene rings is 3. The lowest BCUT2D eigenvalue weighted by molar-refractivity contribution is -0.115. The number of H-pyrrole nitrogens is 1. The SMILES string of the molecule is N#Cc1ccc(-c2cnc(CCc3cccc(C(N)=O)c3NC(=O)Cc3ccccc3)[nH]2)cc1F. The number of nitrogens with one attached hydrogen (secondary N) is 2. The van der Waals surface area contributed by atoms with Crippen molar-refractivity contribution in [1.29, 1.82) is 5.26 Å². The Hall–Kier alpha value is -4.77. The quantitative estimate of drug-likeness (QED) is 0.360. The lowest BCUT2D eigenvalue weighted by atomic mass is 10.0. The average molecular weight is 468 g/mol. The van der Waals surface area contributed by atoms with E-state index in [1.165, 1.54) is 12.1 Å². The van der Waals surface area contributed by atoms with Crippen LogP contribution in [-0.4, -0.2) is 21.8 Å². The van der Waals surface area contributed by atoms with E-state index in [9.17, 15) is 14.0 Å². The number of aromatic amines is 1. The first-order valence-electron chi connectivity index (χ1n) is 10.9. The molecule has 1 aromatic heterocycles. The molecule has 1 heterocycles. The molecule has 4 rings (SSSR count). The van der Waals surface area contributed by atoms with Crippen LogP contribution >= 0.6 is 0 Å². The molecule has 174 valence electrons. The summed E-state index contributed by atoms with van der Waals surface area (Å²) in [6.07, 6.45) is 2.70. The summed E-state index contributed by atoms with van der Waals surface area (Å²) in [5.74, 6) is -0.838. The van der Waals surface area contributed by atoms with Gasteiger partial charge in [-0.1, -0.05) is 48.5 Å². The third-order valence-corrected chi connectivity index (χ3v) is 5.55. The molecule has 0 saturated carbocycles.